The molecule has 4 aromatic rings. The molecule has 0 spiro atoms. The number of thiophene rings is 1. The molecule has 2 atom stereocenters. The first-order valence-electron chi connectivity index (χ1n) is 12.9. The van der Waals surface area contributed by atoms with Crippen molar-refractivity contribution in [3.8, 4) is 17.4 Å². The number of nitrogens with zero attached hydrogens (tertiary/aromatic N) is 2. The quantitative estimate of drug-likeness (QED) is 0.173. The summed E-state index contributed by atoms with van der Waals surface area (Å²) in [5.41, 5.74) is 3.22. The van der Waals surface area contributed by atoms with Gasteiger partial charge in [0.15, 0.2) is 5.95 Å². The van der Waals surface area contributed by atoms with E-state index in [1.807, 2.05) is 25.1 Å². The number of rotatable bonds is 9. The van der Waals surface area contributed by atoms with E-state index in [0.29, 0.717) is 34.3 Å². The van der Waals surface area contributed by atoms with E-state index < -0.39 is 17.2 Å². The van der Waals surface area contributed by atoms with Crippen LogP contribution >= 0.6 is 23.1 Å². The molecule has 0 radical (unpaired) electrons. The van der Waals surface area contributed by atoms with Gasteiger partial charge in [-0.1, -0.05) is 37.3 Å². The summed E-state index contributed by atoms with van der Waals surface area (Å²) in [7, 11) is 2.91. The van der Waals surface area contributed by atoms with E-state index in [4.69, 9.17) is 14.0 Å². The van der Waals surface area contributed by atoms with Crippen molar-refractivity contribution in [2.75, 3.05) is 19.5 Å². The third-order valence-electron chi connectivity index (χ3n) is 6.97. The molecule has 2 unspecified atom stereocenters. The molecule has 1 N–H and O–H groups in total. The van der Waals surface area contributed by atoms with Crippen molar-refractivity contribution >= 4 is 40.0 Å². The number of aromatic nitrogens is 2. The maximum absolute atomic E-state index is 13.5. The molecule has 0 saturated carbocycles. The molecule has 2 aromatic heterocycles. The Morgan fingerprint density at radius 2 is 1.95 bits per heavy atom. The van der Waals surface area contributed by atoms with Crippen LogP contribution in [0.5, 0.6) is 11.7 Å². The Balaban J connectivity index is 1.38. The molecule has 0 aliphatic heterocycles. The maximum Gasteiger partial charge on any atom is 0.341 e. The predicted octanol–water partition coefficient (Wildman–Crippen LogP) is 4.66. The van der Waals surface area contributed by atoms with E-state index in [2.05, 4.69) is 22.7 Å². The van der Waals surface area contributed by atoms with Crippen LogP contribution in [0.1, 0.15) is 52.0 Å². The normalized spacial score (nSPS) is 15.2. The smallest absolute Gasteiger partial charge is 0.341 e. The Labute approximate surface area is 240 Å². The lowest BCUT2D eigenvalue weighted by Gasteiger charge is -2.22. The van der Waals surface area contributed by atoms with Crippen LogP contribution < -0.4 is 19.8 Å². The summed E-state index contributed by atoms with van der Waals surface area (Å²) in [5, 5.41) is 19.4. The summed E-state index contributed by atoms with van der Waals surface area (Å²) in [6, 6.07) is 17.3. The minimum Gasteiger partial charge on any atom is -0.538 e. The number of nitrogens with one attached hydrogen (secondary N) is 1. The van der Waals surface area contributed by atoms with Crippen molar-refractivity contribution in [2.24, 2.45) is 0 Å². The number of thioether (sulfide) groups is 1. The highest BCUT2D eigenvalue weighted by Crippen LogP contribution is 2.43. The van der Waals surface area contributed by atoms with E-state index in [1.54, 1.807) is 31.4 Å². The zero-order valence-electron chi connectivity index (χ0n) is 22.3. The Hall–Kier alpha value is -3.83. The Bertz CT molecular complexity index is 1500. The zero-order valence-corrected chi connectivity index (χ0v) is 24.0. The first kappa shape index (κ1) is 27.7. The number of esters is 1. The van der Waals surface area contributed by atoms with Gasteiger partial charge in [-0.3, -0.25) is 4.79 Å². The fourth-order valence-corrected chi connectivity index (χ4v) is 7.17. The summed E-state index contributed by atoms with van der Waals surface area (Å²) in [6.45, 7) is 1.86. The number of benzene rings is 2. The standard InChI is InChI=1S/C29H29N3O6S2/c1-4-22(40-27-29(35)38-31-32(27)19-11-13-20(36-2)14-12-19)25(33)30-26-24(28(34)37-3)21-15-10-18(16-23(21)39-26)17-8-6-5-7-9-17/h5-9,11-14,18,22H,4,10,15-16H2,1-3H3,(H-,30,31,33,34,35). The van der Waals surface area contributed by atoms with Crippen LogP contribution in [0.15, 0.2) is 64.1 Å². The summed E-state index contributed by atoms with van der Waals surface area (Å²) >= 11 is 2.50. The molecule has 40 heavy (non-hydrogen) atoms. The third-order valence-corrected chi connectivity index (χ3v) is 9.53. The van der Waals surface area contributed by atoms with Crippen LogP contribution in [0.3, 0.4) is 0 Å². The minimum absolute atomic E-state index is 0.177. The number of hydrogen-bond donors (Lipinski definition) is 1. The molecule has 0 bridgehead atoms. The second-order valence-corrected chi connectivity index (χ2v) is 11.6. The van der Waals surface area contributed by atoms with Crippen LogP contribution in [-0.2, 0) is 22.4 Å². The number of amides is 1. The van der Waals surface area contributed by atoms with Crippen molar-refractivity contribution in [2.45, 2.75) is 48.8 Å². The highest BCUT2D eigenvalue weighted by Gasteiger charge is 2.33. The lowest BCUT2D eigenvalue weighted by atomic mass is 9.83. The second-order valence-electron chi connectivity index (χ2n) is 9.33. The molecule has 9 nitrogen and oxygen atoms in total. The second kappa shape index (κ2) is 12.1. The van der Waals surface area contributed by atoms with Gasteiger partial charge in [-0.25, -0.2) is 4.79 Å². The zero-order chi connectivity index (χ0) is 28.2. The van der Waals surface area contributed by atoms with Crippen LogP contribution in [0.25, 0.3) is 5.69 Å². The monoisotopic (exact) mass is 579 g/mol. The fourth-order valence-electron chi connectivity index (χ4n) is 4.88. The number of carbonyl (C=O) groups is 2. The molecular weight excluding hydrogens is 550 g/mol. The number of anilines is 1. The average Bonchev–Trinajstić information content (AvgIpc) is 3.54. The molecule has 1 aliphatic carbocycles. The number of carbonyl (C=O) groups excluding carboxylic acids is 2. The molecular formula is C29H29N3O6S2. The van der Waals surface area contributed by atoms with Gasteiger partial charge in [0.1, 0.15) is 10.8 Å². The lowest BCUT2D eigenvalue weighted by Crippen LogP contribution is -2.36. The van der Waals surface area contributed by atoms with Gasteiger partial charge in [-0.2, -0.15) is 0 Å². The van der Waals surface area contributed by atoms with Crippen molar-refractivity contribution < 1.29 is 33.4 Å². The van der Waals surface area contributed by atoms with Gasteiger partial charge in [0.05, 0.1) is 30.3 Å². The molecule has 2 aromatic carbocycles. The maximum atomic E-state index is 13.5. The number of fused-ring (bicyclic) bond motifs is 1. The van der Waals surface area contributed by atoms with Crippen molar-refractivity contribution in [3.05, 3.63) is 76.2 Å². The van der Waals surface area contributed by atoms with E-state index in [0.717, 1.165) is 41.5 Å². The first-order chi connectivity index (χ1) is 19.4. The predicted molar refractivity (Wildman–Crippen MR) is 149 cm³/mol. The van der Waals surface area contributed by atoms with E-state index in [-0.39, 0.29) is 10.9 Å². The summed E-state index contributed by atoms with van der Waals surface area (Å²) in [5.74, 6) is -0.424. The van der Waals surface area contributed by atoms with E-state index in [9.17, 15) is 14.7 Å². The van der Waals surface area contributed by atoms with Gasteiger partial charge < -0.3 is 24.4 Å². The highest BCUT2D eigenvalue weighted by molar-refractivity contribution is 8.00. The molecule has 1 aliphatic rings. The summed E-state index contributed by atoms with van der Waals surface area (Å²) < 4.78 is 16.6. The molecule has 11 heteroatoms. The average molecular weight is 580 g/mol. The fraction of sp³-hybridized carbons (Fsp3) is 0.310. The molecule has 208 valence electrons. The van der Waals surface area contributed by atoms with Gasteiger partial charge in [-0.15, -0.1) is 11.3 Å². The molecule has 5 rings (SSSR count). The molecule has 2 heterocycles. The van der Waals surface area contributed by atoms with E-state index in [1.165, 1.54) is 28.7 Å². The summed E-state index contributed by atoms with van der Waals surface area (Å²) in [6.07, 6.45) is 2.85. The highest BCUT2D eigenvalue weighted by atomic mass is 32.2. The topological polar surface area (TPSA) is 118 Å². The van der Waals surface area contributed by atoms with Gasteiger partial charge in [0, 0.05) is 17.0 Å². The van der Waals surface area contributed by atoms with Crippen molar-refractivity contribution in [1.82, 2.24) is 5.27 Å². The Morgan fingerprint density at radius 3 is 2.62 bits per heavy atom. The van der Waals surface area contributed by atoms with Crippen LogP contribution in [0.2, 0.25) is 0 Å². The SMILES string of the molecule is CCC(Sc1c([O-])on[n+]1-c1ccc(OC)cc1)C(=O)Nc1sc2c(c1C(=O)OC)CCC(c1ccccc1)C2. The van der Waals surface area contributed by atoms with Gasteiger partial charge in [-0.05, 0) is 71.3 Å². The summed E-state index contributed by atoms with van der Waals surface area (Å²) in [4.78, 5) is 27.4. The molecule has 1 amide bonds. The van der Waals surface area contributed by atoms with Gasteiger partial charge in [0.2, 0.25) is 11.6 Å². The lowest BCUT2D eigenvalue weighted by molar-refractivity contribution is -0.705. The van der Waals surface area contributed by atoms with Crippen molar-refractivity contribution in [1.29, 1.82) is 0 Å². The minimum atomic E-state index is -0.640. The number of hydrogen-bond acceptors (Lipinski definition) is 9. The largest absolute Gasteiger partial charge is 0.538 e. The van der Waals surface area contributed by atoms with Gasteiger partial charge >= 0.3 is 5.97 Å². The Morgan fingerprint density at radius 1 is 1.20 bits per heavy atom. The van der Waals surface area contributed by atoms with Crippen LogP contribution in [-0.4, -0.2) is 36.6 Å². The first-order valence-corrected chi connectivity index (χ1v) is 14.6. The van der Waals surface area contributed by atoms with Crippen molar-refractivity contribution in [3.63, 3.8) is 0 Å². The van der Waals surface area contributed by atoms with Gasteiger partial charge in [0.25, 0.3) is 5.03 Å². The number of methoxy groups -OCH3 is 2. The van der Waals surface area contributed by atoms with Crippen LogP contribution in [0, 0.1) is 0 Å². The molecule has 0 fully saturated rings. The number of ether oxygens (including phenoxy) is 2. The third kappa shape index (κ3) is 5.57. The Kier molecular flexibility index (Phi) is 8.41. The molecule has 0 saturated heterocycles. The van der Waals surface area contributed by atoms with E-state index >= 15 is 0 Å². The van der Waals surface area contributed by atoms with Crippen LogP contribution in [0.4, 0.5) is 5.00 Å².